The molecule has 0 saturated carbocycles. The third kappa shape index (κ3) is 5.01. The number of halogens is 3. The van der Waals surface area contributed by atoms with Gasteiger partial charge in [-0.25, -0.2) is 9.97 Å². The van der Waals surface area contributed by atoms with Crippen LogP contribution in [0, 0.1) is 6.92 Å². The number of hydrogen-bond donors (Lipinski definition) is 0. The molecule has 0 fully saturated rings. The van der Waals surface area contributed by atoms with E-state index in [2.05, 4.69) is 46.1 Å². The number of nitrogens with zero attached hydrogens (tertiary/aromatic N) is 3. The molecule has 0 radical (unpaired) electrons. The first kappa shape index (κ1) is 20.4. The van der Waals surface area contributed by atoms with Crippen LogP contribution in [0.4, 0.5) is 13.2 Å². The molecule has 3 nitrogen and oxygen atoms in total. The molecule has 0 amide bonds. The van der Waals surface area contributed by atoms with Gasteiger partial charge in [-0.2, -0.15) is 13.2 Å². The van der Waals surface area contributed by atoms with Gasteiger partial charge >= 0.3 is 6.18 Å². The summed E-state index contributed by atoms with van der Waals surface area (Å²) in [6, 6.07) is 8.63. The molecule has 0 saturated heterocycles. The van der Waals surface area contributed by atoms with Crippen molar-refractivity contribution >= 4 is 11.8 Å². The maximum atomic E-state index is 12.8. The zero-order chi connectivity index (χ0) is 20.4. The largest absolute Gasteiger partial charge is 0.451 e. The average molecular weight is 420 g/mol. The second kappa shape index (κ2) is 8.48. The highest BCUT2D eigenvalue weighted by molar-refractivity contribution is 8.03. The number of allylic oxidation sites excluding steroid dienone is 1. The zero-order valence-electron chi connectivity index (χ0n) is 16.4. The van der Waals surface area contributed by atoms with Crippen LogP contribution in [0.1, 0.15) is 48.3 Å². The molecule has 1 aliphatic carbocycles. The number of aromatic nitrogens is 2. The second-order valence-electron chi connectivity index (χ2n) is 7.77. The monoisotopic (exact) mass is 419 g/mol. The van der Waals surface area contributed by atoms with Crippen molar-refractivity contribution in [3.8, 4) is 0 Å². The van der Waals surface area contributed by atoms with Crippen molar-refractivity contribution in [2.45, 2.75) is 56.6 Å². The Morgan fingerprint density at radius 1 is 1.07 bits per heavy atom. The summed E-state index contributed by atoms with van der Waals surface area (Å²) in [6.45, 7) is 4.30. The average Bonchev–Trinajstić information content (AvgIpc) is 2.70. The van der Waals surface area contributed by atoms with E-state index in [4.69, 9.17) is 0 Å². The van der Waals surface area contributed by atoms with Crippen LogP contribution in [0.2, 0.25) is 0 Å². The molecule has 1 aromatic carbocycles. The number of rotatable bonds is 4. The number of fused-ring (bicyclic) bond motifs is 1. The van der Waals surface area contributed by atoms with Crippen LogP contribution in [-0.2, 0) is 19.1 Å². The molecule has 7 heteroatoms. The Balaban J connectivity index is 1.47. The van der Waals surface area contributed by atoms with E-state index in [0.717, 1.165) is 31.5 Å². The molecule has 2 aliphatic rings. The molecule has 0 N–H and O–H groups in total. The van der Waals surface area contributed by atoms with Crippen molar-refractivity contribution in [3.05, 3.63) is 63.6 Å². The summed E-state index contributed by atoms with van der Waals surface area (Å²) in [4.78, 5) is 12.3. The van der Waals surface area contributed by atoms with Crippen molar-refractivity contribution in [1.29, 1.82) is 0 Å². The van der Waals surface area contributed by atoms with Gasteiger partial charge in [-0.1, -0.05) is 29.5 Å². The molecule has 0 spiro atoms. The van der Waals surface area contributed by atoms with Crippen LogP contribution >= 0.6 is 11.8 Å². The topological polar surface area (TPSA) is 29.0 Å². The van der Waals surface area contributed by atoms with Crippen LogP contribution in [0.25, 0.3) is 0 Å². The molecular weight excluding hydrogens is 395 g/mol. The molecule has 2 heterocycles. The molecule has 1 aromatic heterocycles. The number of alkyl halides is 3. The van der Waals surface area contributed by atoms with Crippen LogP contribution < -0.4 is 0 Å². The Bertz CT molecular complexity index is 907. The summed E-state index contributed by atoms with van der Waals surface area (Å²) >= 11 is 1.86. The van der Waals surface area contributed by atoms with Gasteiger partial charge in [0.15, 0.2) is 0 Å². The van der Waals surface area contributed by atoms with E-state index < -0.39 is 12.0 Å². The minimum atomic E-state index is -4.48. The van der Waals surface area contributed by atoms with Crippen LogP contribution in [0.5, 0.6) is 0 Å². The first-order chi connectivity index (χ1) is 13.9. The van der Waals surface area contributed by atoms with Gasteiger partial charge in [0, 0.05) is 42.7 Å². The van der Waals surface area contributed by atoms with Gasteiger partial charge < -0.3 is 0 Å². The maximum absolute atomic E-state index is 12.8. The summed E-state index contributed by atoms with van der Waals surface area (Å²) in [5.41, 5.74) is 4.08. The minimum absolute atomic E-state index is 0.536. The number of hydrogen-bond acceptors (Lipinski definition) is 4. The fourth-order valence-electron chi connectivity index (χ4n) is 3.90. The summed E-state index contributed by atoms with van der Waals surface area (Å²) in [5, 5.41) is 0. The molecule has 29 heavy (non-hydrogen) atoms. The van der Waals surface area contributed by atoms with Gasteiger partial charge in [-0.15, -0.1) is 0 Å². The third-order valence-corrected chi connectivity index (χ3v) is 6.72. The van der Waals surface area contributed by atoms with Crippen molar-refractivity contribution in [2.24, 2.45) is 0 Å². The molecule has 4 rings (SSSR count). The Morgan fingerprint density at radius 3 is 2.59 bits per heavy atom. The smallest absolute Gasteiger partial charge is 0.295 e. The molecule has 0 atom stereocenters. The number of benzene rings is 1. The molecule has 0 bridgehead atoms. The van der Waals surface area contributed by atoms with E-state index in [9.17, 15) is 13.2 Å². The maximum Gasteiger partial charge on any atom is 0.451 e. The normalized spacial score (nSPS) is 18.1. The summed E-state index contributed by atoms with van der Waals surface area (Å²) in [6.07, 6.45) is 2.03. The predicted molar refractivity (Wildman–Crippen MR) is 109 cm³/mol. The molecule has 2 aromatic rings. The van der Waals surface area contributed by atoms with Gasteiger partial charge in [0.05, 0.1) is 5.69 Å². The lowest BCUT2D eigenvalue weighted by Gasteiger charge is -2.31. The Labute approximate surface area is 173 Å². The highest BCUT2D eigenvalue weighted by Crippen LogP contribution is 2.38. The highest BCUT2D eigenvalue weighted by atomic mass is 32.2. The third-order valence-electron chi connectivity index (χ3n) is 5.47. The van der Waals surface area contributed by atoms with Crippen LogP contribution in [0.15, 0.2) is 45.8 Å². The van der Waals surface area contributed by atoms with Crippen molar-refractivity contribution in [1.82, 2.24) is 14.9 Å². The minimum Gasteiger partial charge on any atom is -0.295 e. The van der Waals surface area contributed by atoms with Crippen LogP contribution in [-0.4, -0.2) is 28.0 Å². The van der Waals surface area contributed by atoms with Crippen molar-refractivity contribution in [3.63, 3.8) is 0 Å². The van der Waals surface area contributed by atoms with Gasteiger partial charge in [-0.3, -0.25) is 4.90 Å². The lowest BCUT2D eigenvalue weighted by atomic mass is 9.97. The quantitative estimate of drug-likeness (QED) is 0.628. The van der Waals surface area contributed by atoms with Gasteiger partial charge in [-0.05, 0) is 55.2 Å². The number of thioether (sulfide) groups is 1. The summed E-state index contributed by atoms with van der Waals surface area (Å²) < 4.78 is 38.5. The zero-order valence-corrected chi connectivity index (χ0v) is 17.2. The Kier molecular flexibility index (Phi) is 5.97. The first-order valence-corrected chi connectivity index (χ1v) is 10.8. The van der Waals surface area contributed by atoms with Crippen molar-refractivity contribution in [2.75, 3.05) is 13.1 Å². The van der Waals surface area contributed by atoms with E-state index in [-0.39, 0.29) is 0 Å². The lowest BCUT2D eigenvalue weighted by molar-refractivity contribution is -0.145. The van der Waals surface area contributed by atoms with E-state index in [1.807, 2.05) is 11.8 Å². The van der Waals surface area contributed by atoms with Gasteiger partial charge in [0.25, 0.3) is 0 Å². The predicted octanol–water partition coefficient (Wildman–Crippen LogP) is 5.78. The second-order valence-corrected chi connectivity index (χ2v) is 8.94. The SMILES string of the molecule is Cc1ccc(SC2=C(CN3CCc4nc(C(F)(F)F)ncc4C3)CCCC2)cc1. The number of aryl methyl sites for hydroxylation is 1. The van der Waals surface area contributed by atoms with Gasteiger partial charge in [0.2, 0.25) is 5.82 Å². The highest BCUT2D eigenvalue weighted by Gasteiger charge is 2.35. The van der Waals surface area contributed by atoms with Gasteiger partial charge in [0.1, 0.15) is 0 Å². The summed E-state index contributed by atoms with van der Waals surface area (Å²) in [5.74, 6) is -1.03. The molecule has 154 valence electrons. The summed E-state index contributed by atoms with van der Waals surface area (Å²) in [7, 11) is 0. The lowest BCUT2D eigenvalue weighted by Crippen LogP contribution is -2.34. The van der Waals surface area contributed by atoms with E-state index >= 15 is 0 Å². The first-order valence-electron chi connectivity index (χ1n) is 9.98. The molecule has 0 unspecified atom stereocenters. The van der Waals surface area contributed by atoms with Crippen LogP contribution in [0.3, 0.4) is 0 Å². The van der Waals surface area contributed by atoms with E-state index in [1.165, 1.54) is 40.0 Å². The molecular formula is C22H24F3N3S. The Hall–Kier alpha value is -1.86. The fraction of sp³-hybridized carbons (Fsp3) is 0.455. The van der Waals surface area contributed by atoms with E-state index in [1.54, 1.807) is 0 Å². The Morgan fingerprint density at radius 2 is 1.83 bits per heavy atom. The fourth-order valence-corrected chi connectivity index (χ4v) is 5.01. The van der Waals surface area contributed by atoms with Crippen molar-refractivity contribution < 1.29 is 13.2 Å². The molecule has 1 aliphatic heterocycles. The van der Waals surface area contributed by atoms with E-state index in [0.29, 0.717) is 18.7 Å². The standard InChI is InChI=1S/C22H24F3N3S/c1-15-6-8-18(9-7-15)29-20-5-3-2-4-16(20)13-28-11-10-19-17(14-28)12-26-21(27-19)22(23,24)25/h6-9,12H,2-5,10-11,13-14H2,1H3.